The highest BCUT2D eigenvalue weighted by Crippen LogP contribution is 2.33. The largest absolute Gasteiger partial charge is 0.478 e. The molecule has 80 valence electrons. The topological polar surface area (TPSA) is 66.4 Å². The predicted molar refractivity (Wildman–Crippen MR) is 60.4 cm³/mol. The Balaban J connectivity index is 3.34. The molecule has 0 saturated heterocycles. The Kier molecular flexibility index (Phi) is 3.71. The second kappa shape index (κ2) is 4.63. The normalized spacial score (nSPS) is 9.80. The highest BCUT2D eigenvalue weighted by molar-refractivity contribution is 9.10. The highest BCUT2D eigenvalue weighted by Gasteiger charge is 2.16. The molecule has 1 amide bonds. The lowest BCUT2D eigenvalue weighted by Gasteiger charge is -2.09. The van der Waals surface area contributed by atoms with Gasteiger partial charge in [0.15, 0.2) is 0 Å². The van der Waals surface area contributed by atoms with Crippen molar-refractivity contribution in [2.24, 2.45) is 0 Å². The third kappa shape index (κ3) is 2.70. The minimum absolute atomic E-state index is 0.0125. The number of anilines is 1. The molecule has 0 spiro atoms. The van der Waals surface area contributed by atoms with Gasteiger partial charge in [0.25, 0.3) is 0 Å². The van der Waals surface area contributed by atoms with Crippen LogP contribution in [0.2, 0.25) is 5.02 Å². The van der Waals surface area contributed by atoms with Crippen LogP contribution in [0.25, 0.3) is 0 Å². The Morgan fingerprint density at radius 1 is 1.47 bits per heavy atom. The van der Waals surface area contributed by atoms with E-state index in [1.807, 2.05) is 0 Å². The van der Waals surface area contributed by atoms with Gasteiger partial charge in [-0.2, -0.15) is 0 Å². The number of rotatable bonds is 2. The molecule has 0 aliphatic carbocycles. The van der Waals surface area contributed by atoms with Crippen LogP contribution in [0.5, 0.6) is 0 Å². The maximum atomic E-state index is 10.9. The summed E-state index contributed by atoms with van der Waals surface area (Å²) in [5, 5.41) is 11.6. The first kappa shape index (κ1) is 12.0. The van der Waals surface area contributed by atoms with E-state index < -0.39 is 5.97 Å². The molecule has 1 aromatic carbocycles. The number of benzene rings is 1. The lowest BCUT2D eigenvalue weighted by Crippen LogP contribution is -2.11. The molecule has 0 heterocycles. The van der Waals surface area contributed by atoms with Gasteiger partial charge in [-0.25, -0.2) is 4.79 Å². The SMILES string of the molecule is CC(=O)Nc1c(C(=O)O)ccc(Cl)c1Br. The van der Waals surface area contributed by atoms with Crippen LogP contribution in [-0.4, -0.2) is 17.0 Å². The van der Waals surface area contributed by atoms with Gasteiger partial charge in [0.1, 0.15) is 0 Å². The third-order valence-corrected chi connectivity index (χ3v) is 2.99. The van der Waals surface area contributed by atoms with E-state index in [-0.39, 0.29) is 17.2 Å². The molecule has 0 radical (unpaired) electrons. The number of carbonyl (C=O) groups is 2. The second-order valence-corrected chi connectivity index (χ2v) is 3.97. The molecular weight excluding hydrogens is 285 g/mol. The van der Waals surface area contributed by atoms with E-state index >= 15 is 0 Å². The number of amides is 1. The summed E-state index contributed by atoms with van der Waals surface area (Å²) < 4.78 is 0.360. The first-order valence-electron chi connectivity index (χ1n) is 3.92. The van der Waals surface area contributed by atoms with Gasteiger partial charge in [-0.15, -0.1) is 0 Å². The molecule has 4 nitrogen and oxygen atoms in total. The van der Waals surface area contributed by atoms with Crippen LogP contribution in [0, 0.1) is 0 Å². The number of hydrogen-bond donors (Lipinski definition) is 2. The Morgan fingerprint density at radius 2 is 2.07 bits per heavy atom. The molecule has 0 saturated carbocycles. The summed E-state index contributed by atoms with van der Waals surface area (Å²) in [6.45, 7) is 1.29. The maximum Gasteiger partial charge on any atom is 0.337 e. The van der Waals surface area contributed by atoms with Gasteiger partial charge in [0.2, 0.25) is 5.91 Å². The van der Waals surface area contributed by atoms with Crippen LogP contribution < -0.4 is 5.32 Å². The minimum Gasteiger partial charge on any atom is -0.478 e. The zero-order chi connectivity index (χ0) is 11.6. The molecule has 0 bridgehead atoms. The number of nitrogens with one attached hydrogen (secondary N) is 1. The Hall–Kier alpha value is -1.07. The Bertz CT molecular complexity index is 434. The second-order valence-electron chi connectivity index (χ2n) is 2.77. The fraction of sp³-hybridized carbons (Fsp3) is 0.111. The molecule has 0 aromatic heterocycles. The molecule has 0 atom stereocenters. The van der Waals surface area contributed by atoms with E-state index in [1.54, 1.807) is 0 Å². The zero-order valence-electron chi connectivity index (χ0n) is 7.67. The van der Waals surface area contributed by atoms with Crippen molar-refractivity contribution in [3.8, 4) is 0 Å². The molecule has 0 fully saturated rings. The Labute approximate surface area is 99.4 Å². The van der Waals surface area contributed by atoms with E-state index in [4.69, 9.17) is 16.7 Å². The number of carboxylic acid groups (broad SMARTS) is 1. The number of halogens is 2. The molecule has 1 rings (SSSR count). The summed E-state index contributed by atoms with van der Waals surface area (Å²) in [5.41, 5.74) is 0.156. The van der Waals surface area contributed by atoms with Gasteiger partial charge in [-0.3, -0.25) is 4.79 Å². The molecule has 6 heteroatoms. The quantitative estimate of drug-likeness (QED) is 0.881. The van der Waals surface area contributed by atoms with Crippen LogP contribution in [0.15, 0.2) is 16.6 Å². The summed E-state index contributed by atoms with van der Waals surface area (Å²) in [6.07, 6.45) is 0. The lowest BCUT2D eigenvalue weighted by molar-refractivity contribution is -0.114. The van der Waals surface area contributed by atoms with Crippen LogP contribution in [-0.2, 0) is 4.79 Å². The van der Waals surface area contributed by atoms with E-state index in [0.717, 1.165) is 0 Å². The molecular formula is C9H7BrClNO3. The standard InChI is InChI=1S/C9H7BrClNO3/c1-4(13)12-8-5(9(14)15)2-3-6(11)7(8)10/h2-3H,1H3,(H,12,13)(H,14,15). The van der Waals surface area contributed by atoms with Gasteiger partial charge in [-0.1, -0.05) is 11.6 Å². The first-order valence-corrected chi connectivity index (χ1v) is 5.09. The fourth-order valence-corrected chi connectivity index (χ4v) is 1.63. The van der Waals surface area contributed by atoms with E-state index in [2.05, 4.69) is 21.2 Å². The van der Waals surface area contributed by atoms with Crippen molar-refractivity contribution in [1.82, 2.24) is 0 Å². The van der Waals surface area contributed by atoms with Crippen molar-refractivity contribution in [2.75, 3.05) is 5.32 Å². The molecule has 0 aliphatic rings. The molecule has 0 unspecified atom stereocenters. The summed E-state index contributed by atoms with van der Waals surface area (Å²) in [7, 11) is 0. The summed E-state index contributed by atoms with van der Waals surface area (Å²) >= 11 is 8.90. The van der Waals surface area contributed by atoms with Crippen molar-refractivity contribution in [2.45, 2.75) is 6.92 Å². The first-order chi connectivity index (χ1) is 6.93. The molecule has 2 N–H and O–H groups in total. The zero-order valence-corrected chi connectivity index (χ0v) is 10.0. The van der Waals surface area contributed by atoms with Gasteiger partial charge < -0.3 is 10.4 Å². The average molecular weight is 293 g/mol. The lowest BCUT2D eigenvalue weighted by atomic mass is 10.2. The van der Waals surface area contributed by atoms with Gasteiger partial charge in [0, 0.05) is 6.92 Å². The number of aromatic carboxylic acids is 1. The minimum atomic E-state index is -1.13. The Morgan fingerprint density at radius 3 is 2.53 bits per heavy atom. The summed E-state index contributed by atoms with van der Waals surface area (Å²) in [6, 6.07) is 2.78. The summed E-state index contributed by atoms with van der Waals surface area (Å²) in [5.74, 6) is -1.49. The predicted octanol–water partition coefficient (Wildman–Crippen LogP) is 2.76. The molecule has 1 aromatic rings. The maximum absolute atomic E-state index is 10.9. The van der Waals surface area contributed by atoms with Crippen molar-refractivity contribution in [3.05, 3.63) is 27.2 Å². The van der Waals surface area contributed by atoms with Crippen LogP contribution >= 0.6 is 27.5 Å². The number of hydrogen-bond acceptors (Lipinski definition) is 2. The summed E-state index contributed by atoms with van der Waals surface area (Å²) in [4.78, 5) is 21.7. The van der Waals surface area contributed by atoms with E-state index in [9.17, 15) is 9.59 Å². The van der Waals surface area contributed by atoms with Crippen LogP contribution in [0.1, 0.15) is 17.3 Å². The van der Waals surface area contributed by atoms with Crippen molar-refractivity contribution < 1.29 is 14.7 Å². The van der Waals surface area contributed by atoms with Gasteiger partial charge in [-0.05, 0) is 28.1 Å². The molecule has 0 aliphatic heterocycles. The van der Waals surface area contributed by atoms with E-state index in [0.29, 0.717) is 9.50 Å². The van der Waals surface area contributed by atoms with Crippen molar-refractivity contribution in [1.29, 1.82) is 0 Å². The monoisotopic (exact) mass is 291 g/mol. The van der Waals surface area contributed by atoms with Gasteiger partial charge in [0.05, 0.1) is 20.7 Å². The van der Waals surface area contributed by atoms with Gasteiger partial charge >= 0.3 is 5.97 Å². The smallest absolute Gasteiger partial charge is 0.337 e. The number of carboxylic acids is 1. The average Bonchev–Trinajstić information content (AvgIpc) is 2.12. The van der Waals surface area contributed by atoms with Crippen molar-refractivity contribution in [3.63, 3.8) is 0 Å². The number of carbonyl (C=O) groups excluding carboxylic acids is 1. The molecule has 15 heavy (non-hydrogen) atoms. The van der Waals surface area contributed by atoms with E-state index in [1.165, 1.54) is 19.1 Å². The van der Waals surface area contributed by atoms with Crippen LogP contribution in [0.3, 0.4) is 0 Å². The third-order valence-electron chi connectivity index (χ3n) is 1.63. The van der Waals surface area contributed by atoms with Crippen molar-refractivity contribution >= 4 is 45.1 Å². The fourth-order valence-electron chi connectivity index (χ4n) is 1.03. The highest BCUT2D eigenvalue weighted by atomic mass is 79.9. The van der Waals surface area contributed by atoms with Crippen LogP contribution in [0.4, 0.5) is 5.69 Å².